The molecular weight excluding hydrogens is 230 g/mol. The molecule has 1 aliphatic rings. The number of hydrogen-bond donors (Lipinski definition) is 0. The molecule has 1 nitrogen and oxygen atoms in total. The van der Waals surface area contributed by atoms with Crippen molar-refractivity contribution >= 4 is 22.2 Å². The Morgan fingerprint density at radius 1 is 0.947 bits per heavy atom. The minimum absolute atomic E-state index is 0.539. The van der Waals surface area contributed by atoms with Crippen molar-refractivity contribution in [2.24, 2.45) is 10.9 Å². The van der Waals surface area contributed by atoms with Crippen molar-refractivity contribution in [1.29, 1.82) is 0 Å². The highest BCUT2D eigenvalue weighted by atomic mass is 14.8. The molecule has 0 N–H and O–H groups in total. The van der Waals surface area contributed by atoms with Crippen LogP contribution in [0, 0.1) is 5.92 Å². The monoisotopic (exact) mass is 251 g/mol. The van der Waals surface area contributed by atoms with E-state index in [1.165, 1.54) is 33.3 Å². The molecule has 0 amide bonds. The molecule has 19 heavy (non-hydrogen) atoms. The molecule has 0 radical (unpaired) electrons. The van der Waals surface area contributed by atoms with Gasteiger partial charge in [0.05, 0.1) is 5.69 Å². The van der Waals surface area contributed by atoms with Crippen LogP contribution in [0.5, 0.6) is 0 Å². The van der Waals surface area contributed by atoms with Crippen LogP contribution in [0.15, 0.2) is 35.3 Å². The molecule has 1 heteroatoms. The molecule has 0 bridgehead atoms. The fourth-order valence-corrected chi connectivity index (χ4v) is 2.72. The fraction of sp³-hybridized carbons (Fsp3) is 0.389. The minimum atomic E-state index is 0.539. The summed E-state index contributed by atoms with van der Waals surface area (Å²) in [6.45, 7) is 8.93. The van der Waals surface area contributed by atoms with E-state index in [0.717, 1.165) is 6.42 Å². The lowest BCUT2D eigenvalue weighted by Crippen LogP contribution is -2.06. The predicted molar refractivity (Wildman–Crippen MR) is 83.7 cm³/mol. The second-order valence-corrected chi connectivity index (χ2v) is 6.14. The summed E-state index contributed by atoms with van der Waals surface area (Å²) >= 11 is 0. The zero-order valence-electron chi connectivity index (χ0n) is 12.2. The van der Waals surface area contributed by atoms with Crippen molar-refractivity contribution in [3.63, 3.8) is 0 Å². The molecular formula is C18H21N. The molecule has 0 aliphatic carbocycles. The highest BCUT2D eigenvalue weighted by Crippen LogP contribution is 2.37. The van der Waals surface area contributed by atoms with Gasteiger partial charge in [0.1, 0.15) is 0 Å². The number of nitrogens with zero attached hydrogens (tertiary/aromatic N) is 1. The third kappa shape index (κ3) is 2.07. The molecule has 0 unspecified atom stereocenters. The zero-order chi connectivity index (χ0) is 13.6. The highest BCUT2D eigenvalue weighted by molar-refractivity contribution is 6.04. The summed E-state index contributed by atoms with van der Waals surface area (Å²) in [7, 11) is 0. The molecule has 0 aromatic heterocycles. The molecule has 1 heterocycles. The molecule has 98 valence electrons. The largest absolute Gasteiger partial charge is 0.256 e. The maximum atomic E-state index is 4.87. The van der Waals surface area contributed by atoms with E-state index in [4.69, 9.17) is 4.99 Å². The number of rotatable bonds is 2. The Bertz CT molecular complexity index is 663. The lowest BCUT2D eigenvalue weighted by Gasteiger charge is -2.08. The second kappa shape index (κ2) is 4.48. The van der Waals surface area contributed by atoms with Gasteiger partial charge < -0.3 is 0 Å². The van der Waals surface area contributed by atoms with Crippen molar-refractivity contribution < 1.29 is 0 Å². The Kier molecular flexibility index (Phi) is 2.93. The van der Waals surface area contributed by atoms with Crippen LogP contribution < -0.4 is 0 Å². The van der Waals surface area contributed by atoms with Gasteiger partial charge in [-0.2, -0.15) is 0 Å². The molecule has 2 aromatic rings. The Labute approximate surface area is 115 Å². The topological polar surface area (TPSA) is 12.4 Å². The van der Waals surface area contributed by atoms with E-state index in [0.29, 0.717) is 11.8 Å². The fourth-order valence-electron chi connectivity index (χ4n) is 2.72. The van der Waals surface area contributed by atoms with E-state index in [9.17, 15) is 0 Å². The SMILES string of the molecule is CC(C)C1=Nc2c(ccc3cc(C(C)C)ccc23)C1. The van der Waals surface area contributed by atoms with Crippen LogP contribution >= 0.6 is 0 Å². The normalized spacial score (nSPS) is 14.3. The standard InChI is InChI=1S/C18H21N/c1-11(2)13-7-8-16-14(9-13)5-6-15-10-17(12(3)4)19-18(15)16/h5-9,11-12H,10H2,1-4H3. The number of hydrogen-bond acceptors (Lipinski definition) is 1. The van der Waals surface area contributed by atoms with E-state index in [1.807, 2.05) is 0 Å². The molecule has 3 rings (SSSR count). The number of aliphatic imine (C=N–C) groups is 1. The van der Waals surface area contributed by atoms with Gasteiger partial charge in [-0.05, 0) is 28.3 Å². The Balaban J connectivity index is 2.17. The number of benzene rings is 2. The average molecular weight is 251 g/mol. The van der Waals surface area contributed by atoms with E-state index < -0.39 is 0 Å². The van der Waals surface area contributed by atoms with Crippen molar-refractivity contribution in [3.05, 3.63) is 41.5 Å². The second-order valence-electron chi connectivity index (χ2n) is 6.14. The van der Waals surface area contributed by atoms with Gasteiger partial charge in [-0.25, -0.2) is 0 Å². The van der Waals surface area contributed by atoms with Gasteiger partial charge in [-0.3, -0.25) is 4.99 Å². The Morgan fingerprint density at radius 3 is 2.42 bits per heavy atom. The molecule has 0 atom stereocenters. The van der Waals surface area contributed by atoms with Crippen LogP contribution in [0.3, 0.4) is 0 Å². The quantitative estimate of drug-likeness (QED) is 0.691. The molecule has 2 aromatic carbocycles. The first-order chi connectivity index (χ1) is 9.06. The third-order valence-electron chi connectivity index (χ3n) is 4.06. The molecule has 0 fully saturated rings. The maximum absolute atomic E-state index is 4.87. The average Bonchev–Trinajstić information content (AvgIpc) is 2.82. The summed E-state index contributed by atoms with van der Waals surface area (Å²) < 4.78 is 0. The van der Waals surface area contributed by atoms with Gasteiger partial charge >= 0.3 is 0 Å². The first kappa shape index (κ1) is 12.4. The van der Waals surface area contributed by atoms with Crippen molar-refractivity contribution in [1.82, 2.24) is 0 Å². The first-order valence-electron chi connectivity index (χ1n) is 7.19. The van der Waals surface area contributed by atoms with Crippen LogP contribution in [0.4, 0.5) is 5.69 Å². The predicted octanol–water partition coefficient (Wildman–Crippen LogP) is 5.25. The van der Waals surface area contributed by atoms with E-state index in [2.05, 4.69) is 58.0 Å². The molecule has 0 spiro atoms. The van der Waals surface area contributed by atoms with Crippen LogP contribution in [0.25, 0.3) is 10.8 Å². The van der Waals surface area contributed by atoms with E-state index >= 15 is 0 Å². The van der Waals surface area contributed by atoms with Crippen molar-refractivity contribution in [3.8, 4) is 0 Å². The lowest BCUT2D eigenvalue weighted by molar-refractivity contribution is 0.869. The maximum Gasteiger partial charge on any atom is 0.0743 e. The summed E-state index contributed by atoms with van der Waals surface area (Å²) in [5.74, 6) is 1.12. The summed E-state index contributed by atoms with van der Waals surface area (Å²) in [6.07, 6.45) is 1.02. The van der Waals surface area contributed by atoms with Gasteiger partial charge in [0, 0.05) is 17.5 Å². The molecule has 0 saturated heterocycles. The van der Waals surface area contributed by atoms with Gasteiger partial charge in [-0.15, -0.1) is 0 Å². The summed E-state index contributed by atoms with van der Waals surface area (Å²) in [6, 6.07) is 11.3. The van der Waals surface area contributed by atoms with E-state index in [1.54, 1.807) is 0 Å². The minimum Gasteiger partial charge on any atom is -0.256 e. The van der Waals surface area contributed by atoms with E-state index in [-0.39, 0.29) is 0 Å². The van der Waals surface area contributed by atoms with Crippen LogP contribution in [0.2, 0.25) is 0 Å². The van der Waals surface area contributed by atoms with Gasteiger partial charge in [0.2, 0.25) is 0 Å². The Morgan fingerprint density at radius 2 is 1.74 bits per heavy atom. The summed E-state index contributed by atoms with van der Waals surface area (Å²) in [4.78, 5) is 4.87. The molecule has 1 aliphatic heterocycles. The number of fused-ring (bicyclic) bond motifs is 3. The Hall–Kier alpha value is -1.63. The molecule has 0 saturated carbocycles. The van der Waals surface area contributed by atoms with Crippen molar-refractivity contribution in [2.75, 3.05) is 0 Å². The smallest absolute Gasteiger partial charge is 0.0743 e. The van der Waals surface area contributed by atoms with Gasteiger partial charge in [0.25, 0.3) is 0 Å². The van der Waals surface area contributed by atoms with Crippen LogP contribution in [0.1, 0.15) is 44.7 Å². The lowest BCUT2D eigenvalue weighted by atomic mass is 9.96. The third-order valence-corrected chi connectivity index (χ3v) is 4.06. The zero-order valence-corrected chi connectivity index (χ0v) is 12.2. The van der Waals surface area contributed by atoms with Crippen LogP contribution in [-0.4, -0.2) is 5.71 Å². The van der Waals surface area contributed by atoms with Gasteiger partial charge in [0.15, 0.2) is 0 Å². The first-order valence-corrected chi connectivity index (χ1v) is 7.19. The van der Waals surface area contributed by atoms with Crippen molar-refractivity contribution in [2.45, 2.75) is 40.0 Å². The highest BCUT2D eigenvalue weighted by Gasteiger charge is 2.19. The van der Waals surface area contributed by atoms with Crippen LogP contribution in [-0.2, 0) is 6.42 Å². The van der Waals surface area contributed by atoms with Gasteiger partial charge in [-0.1, -0.05) is 58.0 Å². The summed E-state index contributed by atoms with van der Waals surface area (Å²) in [5, 5.41) is 2.62. The summed E-state index contributed by atoms with van der Waals surface area (Å²) in [5.41, 5.74) is 5.30.